The van der Waals surface area contributed by atoms with Crippen molar-refractivity contribution < 1.29 is 4.79 Å². The summed E-state index contributed by atoms with van der Waals surface area (Å²) in [6.07, 6.45) is 4.85. The number of nitrogens with one attached hydrogen (secondary N) is 1. The lowest BCUT2D eigenvalue weighted by molar-refractivity contribution is -0.122. The number of carbonyl (C=O) groups excluding carboxylic acids is 1. The Labute approximate surface area is 99.2 Å². The van der Waals surface area contributed by atoms with Gasteiger partial charge in [0.05, 0.1) is 0 Å². The molecule has 1 saturated carbocycles. The van der Waals surface area contributed by atoms with Crippen LogP contribution in [0.4, 0.5) is 0 Å². The van der Waals surface area contributed by atoms with E-state index in [4.69, 9.17) is 5.73 Å². The fourth-order valence-electron chi connectivity index (χ4n) is 2.34. The van der Waals surface area contributed by atoms with Crippen LogP contribution in [0.1, 0.15) is 52.9 Å². The third kappa shape index (κ3) is 4.52. The van der Waals surface area contributed by atoms with Gasteiger partial charge in [0.2, 0.25) is 5.91 Å². The van der Waals surface area contributed by atoms with Gasteiger partial charge in [0.15, 0.2) is 0 Å². The van der Waals surface area contributed by atoms with Crippen molar-refractivity contribution in [3.8, 4) is 0 Å². The lowest BCUT2D eigenvalue weighted by atomic mass is 9.79. The lowest BCUT2D eigenvalue weighted by Crippen LogP contribution is -2.40. The standard InChI is InChI=1S/C13H26N2O/c1-9-4-6-12(8-10(9)2)15-13(16)7-5-11(3)14/h9-12H,4-8,14H2,1-3H3,(H,15,16). The fraction of sp³-hybridized carbons (Fsp3) is 0.923. The van der Waals surface area contributed by atoms with Crippen molar-refractivity contribution >= 4 is 5.91 Å². The Bertz CT molecular complexity index is 228. The summed E-state index contributed by atoms with van der Waals surface area (Å²) >= 11 is 0. The minimum Gasteiger partial charge on any atom is -0.353 e. The molecule has 0 aromatic heterocycles. The molecule has 1 amide bonds. The molecule has 0 heterocycles. The lowest BCUT2D eigenvalue weighted by Gasteiger charge is -2.32. The molecule has 0 saturated heterocycles. The average Bonchev–Trinajstić information content (AvgIpc) is 2.21. The predicted molar refractivity (Wildman–Crippen MR) is 67.0 cm³/mol. The quantitative estimate of drug-likeness (QED) is 0.771. The molecular weight excluding hydrogens is 200 g/mol. The van der Waals surface area contributed by atoms with Crippen molar-refractivity contribution in [2.24, 2.45) is 17.6 Å². The van der Waals surface area contributed by atoms with Crippen LogP contribution in [-0.2, 0) is 4.79 Å². The summed E-state index contributed by atoms with van der Waals surface area (Å²) in [7, 11) is 0. The topological polar surface area (TPSA) is 55.1 Å². The Morgan fingerprint density at radius 1 is 1.38 bits per heavy atom. The number of hydrogen-bond acceptors (Lipinski definition) is 2. The van der Waals surface area contributed by atoms with Crippen LogP contribution in [0.15, 0.2) is 0 Å². The molecule has 0 aliphatic heterocycles. The number of rotatable bonds is 4. The summed E-state index contributed by atoms with van der Waals surface area (Å²) in [6.45, 7) is 6.53. The summed E-state index contributed by atoms with van der Waals surface area (Å²) in [5.41, 5.74) is 5.63. The second-order valence-electron chi connectivity index (χ2n) is 5.55. The summed E-state index contributed by atoms with van der Waals surface area (Å²) in [4.78, 5) is 11.6. The van der Waals surface area contributed by atoms with Crippen LogP contribution in [-0.4, -0.2) is 18.0 Å². The summed E-state index contributed by atoms with van der Waals surface area (Å²) in [5.74, 6) is 1.70. The van der Waals surface area contributed by atoms with Crippen LogP contribution < -0.4 is 11.1 Å². The highest BCUT2D eigenvalue weighted by Crippen LogP contribution is 2.29. The molecule has 3 N–H and O–H groups in total. The predicted octanol–water partition coefficient (Wildman–Crippen LogP) is 2.05. The van der Waals surface area contributed by atoms with E-state index in [1.165, 1.54) is 6.42 Å². The van der Waals surface area contributed by atoms with Crippen molar-refractivity contribution in [2.75, 3.05) is 0 Å². The maximum absolute atomic E-state index is 11.6. The number of carbonyl (C=O) groups is 1. The second kappa shape index (κ2) is 6.24. The molecule has 3 heteroatoms. The summed E-state index contributed by atoms with van der Waals surface area (Å²) in [6, 6.07) is 0.517. The molecule has 1 aliphatic carbocycles. The van der Waals surface area contributed by atoms with Gasteiger partial charge in [-0.05, 0) is 44.4 Å². The van der Waals surface area contributed by atoms with E-state index in [1.807, 2.05) is 6.92 Å². The van der Waals surface area contributed by atoms with E-state index < -0.39 is 0 Å². The first-order valence-electron chi connectivity index (χ1n) is 6.54. The van der Waals surface area contributed by atoms with Crippen molar-refractivity contribution in [1.29, 1.82) is 0 Å². The Balaban J connectivity index is 2.24. The molecule has 0 radical (unpaired) electrons. The molecule has 0 aromatic rings. The minimum atomic E-state index is 0.121. The van der Waals surface area contributed by atoms with Crippen molar-refractivity contribution in [2.45, 2.75) is 65.0 Å². The zero-order chi connectivity index (χ0) is 12.1. The van der Waals surface area contributed by atoms with E-state index in [9.17, 15) is 4.79 Å². The van der Waals surface area contributed by atoms with Crippen LogP contribution in [0.25, 0.3) is 0 Å². The first-order chi connectivity index (χ1) is 7.49. The molecule has 1 aliphatic rings. The normalized spacial score (nSPS) is 32.1. The smallest absolute Gasteiger partial charge is 0.220 e. The molecule has 94 valence electrons. The van der Waals surface area contributed by atoms with Crippen molar-refractivity contribution in [1.82, 2.24) is 5.32 Å². The highest BCUT2D eigenvalue weighted by atomic mass is 16.1. The first kappa shape index (κ1) is 13.5. The SMILES string of the molecule is CC(N)CCC(=O)NC1CCC(C)C(C)C1. The zero-order valence-corrected chi connectivity index (χ0v) is 10.8. The third-order valence-corrected chi connectivity index (χ3v) is 3.79. The van der Waals surface area contributed by atoms with Gasteiger partial charge in [-0.15, -0.1) is 0 Å². The number of amides is 1. The van der Waals surface area contributed by atoms with E-state index in [0.717, 1.165) is 31.1 Å². The van der Waals surface area contributed by atoms with E-state index in [2.05, 4.69) is 19.2 Å². The Morgan fingerprint density at radius 2 is 2.06 bits per heavy atom. The molecule has 3 nitrogen and oxygen atoms in total. The van der Waals surface area contributed by atoms with Gasteiger partial charge >= 0.3 is 0 Å². The molecule has 4 atom stereocenters. The molecule has 16 heavy (non-hydrogen) atoms. The van der Waals surface area contributed by atoms with E-state index >= 15 is 0 Å². The molecular formula is C13H26N2O. The zero-order valence-electron chi connectivity index (χ0n) is 10.8. The van der Waals surface area contributed by atoms with E-state index in [1.54, 1.807) is 0 Å². The van der Waals surface area contributed by atoms with Gasteiger partial charge in [-0.1, -0.05) is 13.8 Å². The molecule has 1 fully saturated rings. The van der Waals surface area contributed by atoms with Crippen LogP contribution in [0.5, 0.6) is 0 Å². The van der Waals surface area contributed by atoms with Crippen LogP contribution in [0, 0.1) is 11.8 Å². The second-order valence-corrected chi connectivity index (χ2v) is 5.55. The van der Waals surface area contributed by atoms with Crippen LogP contribution >= 0.6 is 0 Å². The van der Waals surface area contributed by atoms with Crippen LogP contribution in [0.2, 0.25) is 0 Å². The van der Waals surface area contributed by atoms with Gasteiger partial charge in [-0.3, -0.25) is 4.79 Å². The highest BCUT2D eigenvalue weighted by Gasteiger charge is 2.25. The Hall–Kier alpha value is -0.570. The van der Waals surface area contributed by atoms with Gasteiger partial charge in [-0.25, -0.2) is 0 Å². The average molecular weight is 226 g/mol. The monoisotopic (exact) mass is 226 g/mol. The molecule has 0 aromatic carbocycles. The summed E-state index contributed by atoms with van der Waals surface area (Å²) < 4.78 is 0. The van der Waals surface area contributed by atoms with Gasteiger partial charge in [0.25, 0.3) is 0 Å². The maximum atomic E-state index is 11.6. The minimum absolute atomic E-state index is 0.121. The van der Waals surface area contributed by atoms with Gasteiger partial charge < -0.3 is 11.1 Å². The van der Waals surface area contributed by atoms with Crippen molar-refractivity contribution in [3.05, 3.63) is 0 Å². The Morgan fingerprint density at radius 3 is 2.62 bits per heavy atom. The summed E-state index contributed by atoms with van der Waals surface area (Å²) in [5, 5.41) is 3.13. The van der Waals surface area contributed by atoms with Crippen LogP contribution in [0.3, 0.4) is 0 Å². The molecule has 1 rings (SSSR count). The largest absolute Gasteiger partial charge is 0.353 e. The number of nitrogens with two attached hydrogens (primary N) is 1. The molecule has 0 spiro atoms. The number of hydrogen-bond donors (Lipinski definition) is 2. The van der Waals surface area contributed by atoms with E-state index in [-0.39, 0.29) is 11.9 Å². The Kier molecular flexibility index (Phi) is 5.26. The third-order valence-electron chi connectivity index (χ3n) is 3.79. The fourth-order valence-corrected chi connectivity index (χ4v) is 2.34. The highest BCUT2D eigenvalue weighted by molar-refractivity contribution is 5.76. The maximum Gasteiger partial charge on any atom is 0.220 e. The van der Waals surface area contributed by atoms with Gasteiger partial charge in [0.1, 0.15) is 0 Å². The van der Waals surface area contributed by atoms with Crippen molar-refractivity contribution in [3.63, 3.8) is 0 Å². The van der Waals surface area contributed by atoms with Gasteiger partial charge in [-0.2, -0.15) is 0 Å². The molecule has 4 unspecified atom stereocenters. The first-order valence-corrected chi connectivity index (χ1v) is 6.54. The van der Waals surface area contributed by atoms with Gasteiger partial charge in [0, 0.05) is 18.5 Å². The molecule has 0 bridgehead atoms. The van der Waals surface area contributed by atoms with E-state index in [0.29, 0.717) is 12.5 Å².